The third-order valence-corrected chi connectivity index (χ3v) is 4.65. The molecule has 2 heterocycles. The average Bonchev–Trinajstić information content (AvgIpc) is 3.15. The lowest BCUT2D eigenvalue weighted by atomic mass is 10.1. The van der Waals surface area contributed by atoms with Gasteiger partial charge in [-0.1, -0.05) is 11.6 Å². The van der Waals surface area contributed by atoms with Gasteiger partial charge in [-0.25, -0.2) is 0 Å². The Hall–Kier alpha value is -1.79. The SMILES string of the molecule is O=C(COc1ccc(Cl)cc1)N1CCN(C(=O)C2CCOC2)CC1. The fraction of sp³-hybridized carbons (Fsp3) is 0.529. The summed E-state index contributed by atoms with van der Waals surface area (Å²) in [4.78, 5) is 28.1. The molecular formula is C17H21ClN2O4. The van der Waals surface area contributed by atoms with Gasteiger partial charge in [0.2, 0.25) is 5.91 Å². The fourth-order valence-electron chi connectivity index (χ4n) is 2.93. The highest BCUT2D eigenvalue weighted by Gasteiger charge is 2.31. The molecule has 24 heavy (non-hydrogen) atoms. The third-order valence-electron chi connectivity index (χ3n) is 4.40. The zero-order valence-electron chi connectivity index (χ0n) is 13.4. The second kappa shape index (κ2) is 7.85. The highest BCUT2D eigenvalue weighted by molar-refractivity contribution is 6.30. The van der Waals surface area contributed by atoms with Crippen LogP contribution < -0.4 is 4.74 Å². The van der Waals surface area contributed by atoms with Crippen LogP contribution in [0.5, 0.6) is 5.75 Å². The van der Waals surface area contributed by atoms with Gasteiger partial charge in [-0.3, -0.25) is 9.59 Å². The maximum atomic E-state index is 12.3. The van der Waals surface area contributed by atoms with Crippen molar-refractivity contribution < 1.29 is 19.1 Å². The lowest BCUT2D eigenvalue weighted by molar-refractivity contribution is -0.143. The van der Waals surface area contributed by atoms with Crippen molar-refractivity contribution in [2.24, 2.45) is 5.92 Å². The third kappa shape index (κ3) is 4.19. The van der Waals surface area contributed by atoms with E-state index >= 15 is 0 Å². The number of amides is 2. The highest BCUT2D eigenvalue weighted by atomic mass is 35.5. The first-order chi connectivity index (χ1) is 11.6. The molecule has 2 amide bonds. The van der Waals surface area contributed by atoms with E-state index < -0.39 is 0 Å². The molecule has 2 fully saturated rings. The van der Waals surface area contributed by atoms with E-state index in [0.29, 0.717) is 50.2 Å². The van der Waals surface area contributed by atoms with Gasteiger partial charge in [-0.2, -0.15) is 0 Å². The van der Waals surface area contributed by atoms with E-state index in [1.807, 2.05) is 4.90 Å². The summed E-state index contributed by atoms with van der Waals surface area (Å²) in [6, 6.07) is 6.91. The highest BCUT2D eigenvalue weighted by Crippen LogP contribution is 2.18. The van der Waals surface area contributed by atoms with Crippen molar-refractivity contribution in [2.45, 2.75) is 6.42 Å². The van der Waals surface area contributed by atoms with Crippen LogP contribution in [0, 0.1) is 5.92 Å². The van der Waals surface area contributed by atoms with Gasteiger partial charge in [-0.05, 0) is 30.7 Å². The Morgan fingerprint density at radius 1 is 1.12 bits per heavy atom. The quantitative estimate of drug-likeness (QED) is 0.822. The Kier molecular flexibility index (Phi) is 5.58. The number of hydrogen-bond donors (Lipinski definition) is 0. The van der Waals surface area contributed by atoms with Gasteiger partial charge < -0.3 is 19.3 Å². The standard InChI is InChI=1S/C17H21ClN2O4/c18-14-1-3-15(4-2-14)24-12-16(21)19-6-8-20(9-7-19)17(22)13-5-10-23-11-13/h1-4,13H,5-12H2. The molecule has 1 aromatic carbocycles. The van der Waals surface area contributed by atoms with Crippen LogP contribution >= 0.6 is 11.6 Å². The summed E-state index contributed by atoms with van der Waals surface area (Å²) in [6.45, 7) is 3.41. The number of halogens is 1. The van der Waals surface area contributed by atoms with E-state index in [2.05, 4.69) is 0 Å². The Morgan fingerprint density at radius 3 is 2.42 bits per heavy atom. The molecule has 6 nitrogen and oxygen atoms in total. The number of nitrogens with zero attached hydrogens (tertiary/aromatic N) is 2. The molecule has 1 unspecified atom stereocenters. The van der Waals surface area contributed by atoms with Gasteiger partial charge in [0, 0.05) is 37.8 Å². The molecule has 2 aliphatic rings. The zero-order valence-corrected chi connectivity index (χ0v) is 14.2. The van der Waals surface area contributed by atoms with Crippen molar-refractivity contribution in [1.29, 1.82) is 0 Å². The predicted molar refractivity (Wildman–Crippen MR) is 89.0 cm³/mol. The number of carbonyl (C=O) groups excluding carboxylic acids is 2. The Morgan fingerprint density at radius 2 is 1.79 bits per heavy atom. The van der Waals surface area contributed by atoms with Crippen LogP contribution in [-0.2, 0) is 14.3 Å². The molecule has 2 aliphatic heterocycles. The molecular weight excluding hydrogens is 332 g/mol. The van der Waals surface area contributed by atoms with E-state index in [9.17, 15) is 9.59 Å². The molecule has 1 aromatic rings. The molecule has 0 saturated carbocycles. The number of hydrogen-bond acceptors (Lipinski definition) is 4. The van der Waals surface area contributed by atoms with Gasteiger partial charge in [-0.15, -0.1) is 0 Å². The van der Waals surface area contributed by atoms with Crippen LogP contribution in [0.3, 0.4) is 0 Å². The maximum Gasteiger partial charge on any atom is 0.260 e. The lowest BCUT2D eigenvalue weighted by Crippen LogP contribution is -2.52. The average molecular weight is 353 g/mol. The van der Waals surface area contributed by atoms with Gasteiger partial charge in [0.15, 0.2) is 6.61 Å². The first-order valence-corrected chi connectivity index (χ1v) is 8.54. The van der Waals surface area contributed by atoms with E-state index in [1.54, 1.807) is 29.2 Å². The van der Waals surface area contributed by atoms with Crippen molar-refractivity contribution >= 4 is 23.4 Å². The second-order valence-electron chi connectivity index (χ2n) is 6.01. The minimum atomic E-state index is -0.0683. The number of piperazine rings is 1. The summed E-state index contributed by atoms with van der Waals surface area (Å²) < 4.78 is 10.8. The first-order valence-electron chi connectivity index (χ1n) is 8.16. The van der Waals surface area contributed by atoms with Crippen molar-refractivity contribution in [3.63, 3.8) is 0 Å². The van der Waals surface area contributed by atoms with E-state index in [0.717, 1.165) is 6.42 Å². The van der Waals surface area contributed by atoms with Crippen molar-refractivity contribution in [3.8, 4) is 5.75 Å². The Labute approximate surface area is 146 Å². The summed E-state index contributed by atoms with van der Waals surface area (Å²) in [6.07, 6.45) is 0.799. The minimum Gasteiger partial charge on any atom is -0.484 e. The predicted octanol–water partition coefficient (Wildman–Crippen LogP) is 1.43. The Balaban J connectivity index is 1.43. The van der Waals surface area contributed by atoms with Crippen LogP contribution in [0.4, 0.5) is 0 Å². The summed E-state index contributed by atoms with van der Waals surface area (Å²) >= 11 is 5.81. The summed E-state index contributed by atoms with van der Waals surface area (Å²) in [5.74, 6) is 0.682. The summed E-state index contributed by atoms with van der Waals surface area (Å²) in [5.41, 5.74) is 0. The number of rotatable bonds is 4. The van der Waals surface area contributed by atoms with E-state index in [-0.39, 0.29) is 24.3 Å². The smallest absolute Gasteiger partial charge is 0.260 e. The van der Waals surface area contributed by atoms with Gasteiger partial charge >= 0.3 is 0 Å². The molecule has 7 heteroatoms. The normalized spacial score (nSPS) is 21.0. The number of ether oxygens (including phenoxy) is 2. The molecule has 0 N–H and O–H groups in total. The monoisotopic (exact) mass is 352 g/mol. The van der Waals surface area contributed by atoms with Crippen LogP contribution in [0.15, 0.2) is 24.3 Å². The van der Waals surface area contributed by atoms with Gasteiger partial charge in [0.25, 0.3) is 5.91 Å². The molecule has 1 atom stereocenters. The van der Waals surface area contributed by atoms with Crippen LogP contribution in [0.25, 0.3) is 0 Å². The zero-order chi connectivity index (χ0) is 16.9. The summed E-state index contributed by atoms with van der Waals surface area (Å²) in [7, 11) is 0. The lowest BCUT2D eigenvalue weighted by Gasteiger charge is -2.35. The van der Waals surface area contributed by atoms with Gasteiger partial charge in [0.05, 0.1) is 12.5 Å². The van der Waals surface area contributed by atoms with Crippen LogP contribution in [0.1, 0.15) is 6.42 Å². The minimum absolute atomic E-state index is 0.00789. The fourth-order valence-corrected chi connectivity index (χ4v) is 3.06. The first kappa shape index (κ1) is 17.0. The summed E-state index contributed by atoms with van der Waals surface area (Å²) in [5, 5.41) is 0.627. The molecule has 0 aliphatic carbocycles. The molecule has 0 bridgehead atoms. The van der Waals surface area contributed by atoms with E-state index in [4.69, 9.17) is 21.1 Å². The second-order valence-corrected chi connectivity index (χ2v) is 6.45. The van der Waals surface area contributed by atoms with Crippen LogP contribution in [-0.4, -0.2) is 67.6 Å². The van der Waals surface area contributed by atoms with Crippen molar-refractivity contribution in [3.05, 3.63) is 29.3 Å². The van der Waals surface area contributed by atoms with Crippen molar-refractivity contribution in [2.75, 3.05) is 46.0 Å². The largest absolute Gasteiger partial charge is 0.484 e. The number of benzene rings is 1. The molecule has 0 spiro atoms. The Bertz CT molecular complexity index is 579. The molecule has 130 valence electrons. The van der Waals surface area contributed by atoms with Gasteiger partial charge in [0.1, 0.15) is 5.75 Å². The molecule has 2 saturated heterocycles. The molecule has 3 rings (SSSR count). The number of carbonyl (C=O) groups is 2. The van der Waals surface area contributed by atoms with E-state index in [1.165, 1.54) is 0 Å². The van der Waals surface area contributed by atoms with Crippen LogP contribution in [0.2, 0.25) is 5.02 Å². The molecule has 0 radical (unpaired) electrons. The van der Waals surface area contributed by atoms with Crippen molar-refractivity contribution in [1.82, 2.24) is 9.80 Å². The maximum absolute atomic E-state index is 12.3. The topological polar surface area (TPSA) is 59.1 Å². The molecule has 0 aromatic heterocycles.